The Labute approximate surface area is 159 Å². The van der Waals surface area contributed by atoms with Crippen LogP contribution in [0.1, 0.15) is 13.0 Å². The van der Waals surface area contributed by atoms with Gasteiger partial charge in [0.25, 0.3) is 5.56 Å². The van der Waals surface area contributed by atoms with E-state index in [0.29, 0.717) is 11.4 Å². The van der Waals surface area contributed by atoms with Gasteiger partial charge in [0, 0.05) is 17.1 Å². The molecule has 27 heavy (non-hydrogen) atoms. The zero-order valence-electron chi connectivity index (χ0n) is 14.6. The van der Waals surface area contributed by atoms with E-state index in [9.17, 15) is 9.59 Å². The Kier molecular flexibility index (Phi) is 4.56. The Morgan fingerprint density at radius 2 is 1.85 bits per heavy atom. The summed E-state index contributed by atoms with van der Waals surface area (Å²) >= 11 is 1.54. The summed E-state index contributed by atoms with van der Waals surface area (Å²) in [7, 11) is 0. The molecule has 1 atom stereocenters. The second-order valence-corrected chi connectivity index (χ2v) is 7.12. The lowest BCUT2D eigenvalue weighted by Gasteiger charge is -2.15. The molecule has 2 aromatic heterocycles. The van der Waals surface area contributed by atoms with E-state index < -0.39 is 6.04 Å². The predicted molar refractivity (Wildman–Crippen MR) is 109 cm³/mol. The highest BCUT2D eigenvalue weighted by Gasteiger charge is 2.19. The van der Waals surface area contributed by atoms with Gasteiger partial charge >= 0.3 is 0 Å². The fourth-order valence-corrected chi connectivity index (χ4v) is 3.63. The molecule has 4 aromatic rings. The van der Waals surface area contributed by atoms with E-state index in [0.717, 1.165) is 15.6 Å². The number of anilines is 1. The van der Waals surface area contributed by atoms with Crippen molar-refractivity contribution in [3.63, 3.8) is 0 Å². The van der Waals surface area contributed by atoms with Crippen LogP contribution in [0.4, 0.5) is 5.69 Å². The highest BCUT2D eigenvalue weighted by molar-refractivity contribution is 7.13. The van der Waals surface area contributed by atoms with Crippen LogP contribution in [0, 0.1) is 0 Å². The molecule has 6 heteroatoms. The zero-order chi connectivity index (χ0) is 18.8. The van der Waals surface area contributed by atoms with Gasteiger partial charge in [-0.2, -0.15) is 5.10 Å². The lowest BCUT2D eigenvalue weighted by Crippen LogP contribution is -2.33. The number of hydrogen-bond donors (Lipinski definition) is 1. The maximum absolute atomic E-state index is 12.8. The lowest BCUT2D eigenvalue weighted by molar-refractivity contribution is -0.119. The van der Waals surface area contributed by atoms with Crippen molar-refractivity contribution in [1.82, 2.24) is 9.78 Å². The second-order valence-electron chi connectivity index (χ2n) is 6.17. The molecule has 134 valence electrons. The van der Waals surface area contributed by atoms with Crippen LogP contribution in [-0.2, 0) is 4.79 Å². The molecule has 2 aromatic carbocycles. The first-order chi connectivity index (χ1) is 13.1. The molecule has 1 amide bonds. The van der Waals surface area contributed by atoms with Crippen LogP contribution in [0.2, 0.25) is 0 Å². The van der Waals surface area contributed by atoms with Gasteiger partial charge < -0.3 is 5.32 Å². The van der Waals surface area contributed by atoms with Crippen molar-refractivity contribution in [1.29, 1.82) is 0 Å². The van der Waals surface area contributed by atoms with Gasteiger partial charge in [0.2, 0.25) is 5.91 Å². The van der Waals surface area contributed by atoms with Crippen LogP contribution in [-0.4, -0.2) is 15.7 Å². The van der Waals surface area contributed by atoms with Crippen LogP contribution in [0.15, 0.2) is 76.9 Å². The molecule has 0 radical (unpaired) electrons. The topological polar surface area (TPSA) is 64.0 Å². The van der Waals surface area contributed by atoms with Gasteiger partial charge in [-0.15, -0.1) is 11.3 Å². The van der Waals surface area contributed by atoms with Gasteiger partial charge in [0.1, 0.15) is 11.7 Å². The van der Waals surface area contributed by atoms with E-state index in [1.165, 1.54) is 22.1 Å². The van der Waals surface area contributed by atoms with Crippen LogP contribution in [0.5, 0.6) is 0 Å². The minimum atomic E-state index is -0.739. The van der Waals surface area contributed by atoms with Crippen molar-refractivity contribution in [2.24, 2.45) is 0 Å². The highest BCUT2D eigenvalue weighted by Crippen LogP contribution is 2.24. The van der Waals surface area contributed by atoms with E-state index in [2.05, 4.69) is 10.4 Å². The number of carbonyl (C=O) groups excluding carboxylic acids is 1. The summed E-state index contributed by atoms with van der Waals surface area (Å²) in [6, 6.07) is 19.8. The molecule has 1 unspecified atom stereocenters. The average Bonchev–Trinajstić information content (AvgIpc) is 3.23. The molecule has 4 rings (SSSR count). The second kappa shape index (κ2) is 7.17. The van der Waals surface area contributed by atoms with Crippen molar-refractivity contribution in [2.75, 3.05) is 5.32 Å². The number of carbonyl (C=O) groups is 1. The summed E-state index contributed by atoms with van der Waals surface area (Å²) in [5, 5.41) is 11.3. The third-order valence-electron chi connectivity index (χ3n) is 4.39. The van der Waals surface area contributed by atoms with Gasteiger partial charge in [-0.25, -0.2) is 4.68 Å². The Balaban J connectivity index is 1.64. The van der Waals surface area contributed by atoms with E-state index >= 15 is 0 Å². The molecule has 2 heterocycles. The third-order valence-corrected chi connectivity index (χ3v) is 5.28. The number of nitrogens with one attached hydrogen (secondary N) is 1. The number of aromatic nitrogens is 2. The minimum Gasteiger partial charge on any atom is -0.324 e. The number of fused-ring (bicyclic) bond motifs is 1. The zero-order valence-corrected chi connectivity index (χ0v) is 15.4. The number of rotatable bonds is 4. The SMILES string of the molecule is CC(C(=O)Nc1cccc2ccccc12)n1nc(-c2cccs2)ccc1=O. The molecule has 0 aliphatic rings. The molecule has 0 aliphatic heterocycles. The Morgan fingerprint density at radius 3 is 2.67 bits per heavy atom. The third kappa shape index (κ3) is 3.39. The number of nitrogens with zero attached hydrogens (tertiary/aromatic N) is 2. The first-order valence-electron chi connectivity index (χ1n) is 8.56. The number of thiophene rings is 1. The highest BCUT2D eigenvalue weighted by atomic mass is 32.1. The van der Waals surface area contributed by atoms with E-state index in [-0.39, 0.29) is 11.5 Å². The normalized spacial score (nSPS) is 12.0. The summed E-state index contributed by atoms with van der Waals surface area (Å²) in [4.78, 5) is 26.0. The quantitative estimate of drug-likeness (QED) is 0.578. The molecule has 0 bridgehead atoms. The minimum absolute atomic E-state index is 0.288. The monoisotopic (exact) mass is 375 g/mol. The summed E-state index contributed by atoms with van der Waals surface area (Å²) in [6.45, 7) is 1.67. The van der Waals surface area contributed by atoms with Crippen LogP contribution in [0.3, 0.4) is 0 Å². The summed E-state index contributed by atoms with van der Waals surface area (Å²) in [5.74, 6) is -0.288. The molecule has 0 aliphatic carbocycles. The average molecular weight is 375 g/mol. The van der Waals surface area contributed by atoms with E-state index in [4.69, 9.17) is 0 Å². The predicted octanol–water partition coefficient (Wildman–Crippen LogP) is 4.32. The van der Waals surface area contributed by atoms with Crippen molar-refractivity contribution in [3.05, 3.63) is 82.5 Å². The molecular weight excluding hydrogens is 358 g/mol. The van der Waals surface area contributed by atoms with E-state index in [1.807, 2.05) is 60.0 Å². The first-order valence-corrected chi connectivity index (χ1v) is 9.44. The molecule has 5 nitrogen and oxygen atoms in total. The molecule has 0 spiro atoms. The Morgan fingerprint density at radius 1 is 1.04 bits per heavy atom. The molecular formula is C21H17N3O2S. The van der Waals surface area contributed by atoms with Gasteiger partial charge in [-0.3, -0.25) is 9.59 Å². The Bertz CT molecular complexity index is 1160. The largest absolute Gasteiger partial charge is 0.324 e. The van der Waals surface area contributed by atoms with Crippen molar-refractivity contribution in [2.45, 2.75) is 13.0 Å². The molecule has 0 fully saturated rings. The van der Waals surface area contributed by atoms with Crippen LogP contribution >= 0.6 is 11.3 Å². The van der Waals surface area contributed by atoms with E-state index in [1.54, 1.807) is 13.0 Å². The van der Waals surface area contributed by atoms with Gasteiger partial charge in [0.15, 0.2) is 0 Å². The van der Waals surface area contributed by atoms with Crippen LogP contribution < -0.4 is 10.9 Å². The number of benzene rings is 2. The Hall–Kier alpha value is -3.25. The van der Waals surface area contributed by atoms with Crippen molar-refractivity contribution in [3.8, 4) is 10.6 Å². The molecule has 1 N–H and O–H groups in total. The maximum Gasteiger partial charge on any atom is 0.267 e. The fraction of sp³-hybridized carbons (Fsp3) is 0.0952. The molecule has 0 saturated heterocycles. The smallest absolute Gasteiger partial charge is 0.267 e. The van der Waals surface area contributed by atoms with Gasteiger partial charge in [0.05, 0.1) is 4.88 Å². The maximum atomic E-state index is 12.8. The van der Waals surface area contributed by atoms with Gasteiger partial charge in [-0.05, 0) is 35.9 Å². The lowest BCUT2D eigenvalue weighted by atomic mass is 10.1. The summed E-state index contributed by atoms with van der Waals surface area (Å²) < 4.78 is 1.23. The number of hydrogen-bond acceptors (Lipinski definition) is 4. The summed E-state index contributed by atoms with van der Waals surface area (Å²) in [6.07, 6.45) is 0. The fourth-order valence-electron chi connectivity index (χ4n) is 2.94. The first kappa shape index (κ1) is 17.2. The number of amides is 1. The summed E-state index contributed by atoms with van der Waals surface area (Å²) in [5.41, 5.74) is 1.08. The van der Waals surface area contributed by atoms with Crippen molar-refractivity contribution < 1.29 is 4.79 Å². The van der Waals surface area contributed by atoms with Crippen molar-refractivity contribution >= 4 is 33.7 Å². The standard InChI is InChI=1S/C21H17N3O2S/c1-14(24-20(25)12-11-18(23-24)19-10-5-13-27-19)21(26)22-17-9-4-7-15-6-2-3-8-16(15)17/h2-14H,1H3,(H,22,26). The molecule has 0 saturated carbocycles. The van der Waals surface area contributed by atoms with Crippen LogP contribution in [0.25, 0.3) is 21.3 Å². The van der Waals surface area contributed by atoms with Gasteiger partial charge in [-0.1, -0.05) is 42.5 Å².